The summed E-state index contributed by atoms with van der Waals surface area (Å²) in [5.41, 5.74) is 2.50. The van der Waals surface area contributed by atoms with Crippen molar-refractivity contribution in [1.29, 1.82) is 0 Å². The van der Waals surface area contributed by atoms with Gasteiger partial charge >= 0.3 is 0 Å². The minimum atomic E-state index is -0.715. The van der Waals surface area contributed by atoms with Gasteiger partial charge < -0.3 is 5.32 Å². The molecule has 0 saturated heterocycles. The standard InChI is InChI=1S/C22H23ClN4O2S/c1-4-14(3)18(24-19(28)16-6-5-7-17(23)12-16)20(29)25-22-27-26-21(30-22)15-10-8-13(2)9-11-15/h5-12,14,18H,4H2,1-3H3,(H,24,28)(H,25,27,29)/t14-,18+/m1/s1. The van der Waals surface area contributed by atoms with Gasteiger partial charge in [-0.25, -0.2) is 0 Å². The summed E-state index contributed by atoms with van der Waals surface area (Å²) in [6, 6.07) is 13.8. The fraction of sp³-hybridized carbons (Fsp3) is 0.273. The molecule has 0 spiro atoms. The Hall–Kier alpha value is -2.77. The first-order valence-electron chi connectivity index (χ1n) is 9.65. The van der Waals surface area contributed by atoms with Crippen LogP contribution in [0.1, 0.15) is 36.2 Å². The molecule has 156 valence electrons. The van der Waals surface area contributed by atoms with E-state index in [4.69, 9.17) is 11.6 Å². The summed E-state index contributed by atoms with van der Waals surface area (Å²) in [4.78, 5) is 25.6. The van der Waals surface area contributed by atoms with Crippen LogP contribution in [0.3, 0.4) is 0 Å². The summed E-state index contributed by atoms with van der Waals surface area (Å²) < 4.78 is 0. The van der Waals surface area contributed by atoms with Gasteiger partial charge in [0.15, 0.2) is 0 Å². The first-order valence-corrected chi connectivity index (χ1v) is 10.8. The Morgan fingerprint density at radius 2 is 1.87 bits per heavy atom. The van der Waals surface area contributed by atoms with Gasteiger partial charge in [0.2, 0.25) is 11.0 Å². The molecule has 1 heterocycles. The molecule has 3 aromatic rings. The van der Waals surface area contributed by atoms with E-state index >= 15 is 0 Å². The van der Waals surface area contributed by atoms with Crippen LogP contribution in [0.2, 0.25) is 5.02 Å². The predicted octanol–water partition coefficient (Wildman–Crippen LogP) is 4.95. The van der Waals surface area contributed by atoms with Gasteiger partial charge in [0.25, 0.3) is 5.91 Å². The number of carbonyl (C=O) groups is 2. The lowest BCUT2D eigenvalue weighted by Crippen LogP contribution is -2.47. The number of amides is 2. The maximum atomic E-state index is 12.9. The smallest absolute Gasteiger partial charge is 0.251 e. The highest BCUT2D eigenvalue weighted by atomic mass is 35.5. The van der Waals surface area contributed by atoms with Crippen molar-refractivity contribution in [3.05, 3.63) is 64.7 Å². The van der Waals surface area contributed by atoms with E-state index in [0.29, 0.717) is 20.7 Å². The molecule has 0 fully saturated rings. The summed E-state index contributed by atoms with van der Waals surface area (Å²) in [6.07, 6.45) is 0.721. The van der Waals surface area contributed by atoms with Crippen LogP contribution >= 0.6 is 22.9 Å². The maximum Gasteiger partial charge on any atom is 0.251 e. The number of anilines is 1. The lowest BCUT2D eigenvalue weighted by Gasteiger charge is -2.23. The molecule has 0 saturated carbocycles. The van der Waals surface area contributed by atoms with Gasteiger partial charge in [0, 0.05) is 16.1 Å². The molecule has 0 radical (unpaired) electrons. The van der Waals surface area contributed by atoms with Crippen molar-refractivity contribution in [3.8, 4) is 10.6 Å². The zero-order valence-corrected chi connectivity index (χ0v) is 18.6. The second kappa shape index (κ2) is 9.82. The van der Waals surface area contributed by atoms with Crippen molar-refractivity contribution in [2.45, 2.75) is 33.2 Å². The lowest BCUT2D eigenvalue weighted by molar-refractivity contribution is -0.119. The molecule has 2 atom stereocenters. The predicted molar refractivity (Wildman–Crippen MR) is 121 cm³/mol. The van der Waals surface area contributed by atoms with Crippen LogP contribution in [0.25, 0.3) is 10.6 Å². The van der Waals surface area contributed by atoms with Crippen LogP contribution in [-0.2, 0) is 4.79 Å². The Morgan fingerprint density at radius 1 is 1.13 bits per heavy atom. The van der Waals surface area contributed by atoms with Crippen molar-refractivity contribution in [2.24, 2.45) is 5.92 Å². The number of aryl methyl sites for hydroxylation is 1. The summed E-state index contributed by atoms with van der Waals surface area (Å²) >= 11 is 7.26. The molecule has 8 heteroatoms. The Labute approximate surface area is 184 Å². The van der Waals surface area contributed by atoms with Gasteiger partial charge in [-0.15, -0.1) is 10.2 Å². The lowest BCUT2D eigenvalue weighted by atomic mass is 9.98. The third-order valence-corrected chi connectivity index (χ3v) is 5.95. The number of hydrogen-bond acceptors (Lipinski definition) is 5. The van der Waals surface area contributed by atoms with E-state index in [-0.39, 0.29) is 17.7 Å². The third-order valence-electron chi connectivity index (χ3n) is 4.82. The van der Waals surface area contributed by atoms with Crippen LogP contribution < -0.4 is 10.6 Å². The van der Waals surface area contributed by atoms with Gasteiger partial charge in [-0.05, 0) is 31.0 Å². The summed E-state index contributed by atoms with van der Waals surface area (Å²) in [6.45, 7) is 5.90. The SMILES string of the molecule is CC[C@@H](C)[C@H](NC(=O)c1cccc(Cl)c1)C(=O)Nc1nnc(-c2ccc(C)cc2)s1. The zero-order valence-electron chi connectivity index (χ0n) is 17.0. The van der Waals surface area contributed by atoms with Gasteiger partial charge in [0.1, 0.15) is 11.0 Å². The van der Waals surface area contributed by atoms with E-state index in [2.05, 4.69) is 20.8 Å². The average Bonchev–Trinajstić information content (AvgIpc) is 3.20. The summed E-state index contributed by atoms with van der Waals surface area (Å²) in [5.74, 6) is -0.750. The molecule has 3 rings (SSSR count). The van der Waals surface area contributed by atoms with E-state index in [1.165, 1.54) is 11.3 Å². The number of nitrogens with one attached hydrogen (secondary N) is 2. The number of halogens is 1. The second-order valence-corrected chi connectivity index (χ2v) is 8.53. The van der Waals surface area contributed by atoms with Crippen LogP contribution in [0.4, 0.5) is 5.13 Å². The molecule has 6 nitrogen and oxygen atoms in total. The Kier molecular flexibility index (Phi) is 7.18. The van der Waals surface area contributed by atoms with E-state index in [9.17, 15) is 9.59 Å². The van der Waals surface area contributed by atoms with E-state index in [1.54, 1.807) is 24.3 Å². The molecule has 0 unspecified atom stereocenters. The first-order chi connectivity index (χ1) is 14.4. The molecule has 2 N–H and O–H groups in total. The van der Waals surface area contributed by atoms with Crippen LogP contribution in [0, 0.1) is 12.8 Å². The fourth-order valence-corrected chi connectivity index (χ4v) is 3.77. The largest absolute Gasteiger partial charge is 0.340 e. The number of hydrogen-bond donors (Lipinski definition) is 2. The topological polar surface area (TPSA) is 84.0 Å². The molecular formula is C22H23ClN4O2S. The molecule has 2 aromatic carbocycles. The van der Waals surface area contributed by atoms with E-state index in [1.807, 2.05) is 45.0 Å². The number of benzene rings is 2. The number of carbonyl (C=O) groups excluding carboxylic acids is 2. The van der Waals surface area contributed by atoms with Crippen LogP contribution in [0.5, 0.6) is 0 Å². The van der Waals surface area contributed by atoms with Gasteiger partial charge in [-0.3, -0.25) is 14.9 Å². The molecule has 0 aliphatic rings. The van der Waals surface area contributed by atoms with Crippen LogP contribution in [-0.4, -0.2) is 28.1 Å². The minimum absolute atomic E-state index is 0.0716. The molecule has 0 aliphatic carbocycles. The second-order valence-electron chi connectivity index (χ2n) is 7.11. The fourth-order valence-electron chi connectivity index (χ4n) is 2.83. The number of rotatable bonds is 7. The summed E-state index contributed by atoms with van der Waals surface area (Å²) in [5, 5.41) is 15.4. The molecule has 1 aromatic heterocycles. The molecule has 2 amide bonds. The van der Waals surface area contributed by atoms with Gasteiger partial charge in [-0.2, -0.15) is 0 Å². The Bertz CT molecular complexity index is 1040. The molecule has 0 aliphatic heterocycles. The molecule has 30 heavy (non-hydrogen) atoms. The average molecular weight is 443 g/mol. The van der Waals surface area contributed by atoms with Crippen molar-refractivity contribution in [2.75, 3.05) is 5.32 Å². The Morgan fingerprint density at radius 3 is 2.53 bits per heavy atom. The number of nitrogens with zero attached hydrogens (tertiary/aromatic N) is 2. The molecular weight excluding hydrogens is 420 g/mol. The Balaban J connectivity index is 1.73. The van der Waals surface area contributed by atoms with Crippen molar-refractivity contribution in [3.63, 3.8) is 0 Å². The third kappa shape index (κ3) is 5.43. The zero-order chi connectivity index (χ0) is 21.7. The van der Waals surface area contributed by atoms with Crippen molar-refractivity contribution < 1.29 is 9.59 Å². The first kappa shape index (κ1) is 21.9. The maximum absolute atomic E-state index is 12.9. The van der Waals surface area contributed by atoms with E-state index in [0.717, 1.165) is 17.5 Å². The van der Waals surface area contributed by atoms with Crippen LogP contribution in [0.15, 0.2) is 48.5 Å². The highest BCUT2D eigenvalue weighted by Gasteiger charge is 2.27. The van der Waals surface area contributed by atoms with Crippen molar-refractivity contribution >= 4 is 39.9 Å². The minimum Gasteiger partial charge on any atom is -0.340 e. The molecule has 0 bridgehead atoms. The highest BCUT2D eigenvalue weighted by Crippen LogP contribution is 2.27. The summed E-state index contributed by atoms with van der Waals surface area (Å²) in [7, 11) is 0. The monoisotopic (exact) mass is 442 g/mol. The quantitative estimate of drug-likeness (QED) is 0.542. The van der Waals surface area contributed by atoms with Gasteiger partial charge in [0.05, 0.1) is 0 Å². The van der Waals surface area contributed by atoms with Gasteiger partial charge in [-0.1, -0.05) is 79.1 Å². The van der Waals surface area contributed by atoms with Crippen molar-refractivity contribution in [1.82, 2.24) is 15.5 Å². The normalized spacial score (nSPS) is 12.8. The highest BCUT2D eigenvalue weighted by molar-refractivity contribution is 7.18. The van der Waals surface area contributed by atoms with E-state index < -0.39 is 6.04 Å². The number of aromatic nitrogens is 2.